The molecule has 6 nitrogen and oxygen atoms in total. The molecule has 0 radical (unpaired) electrons. The first-order valence-electron chi connectivity index (χ1n) is 8.43. The zero-order valence-corrected chi connectivity index (χ0v) is 15.6. The zero-order valence-electron chi connectivity index (χ0n) is 14.9. The van der Waals surface area contributed by atoms with Gasteiger partial charge < -0.3 is 0 Å². The summed E-state index contributed by atoms with van der Waals surface area (Å²) in [6.07, 6.45) is 3.18. The number of pyridine rings is 1. The average Bonchev–Trinajstić information content (AvgIpc) is 3.22. The summed E-state index contributed by atoms with van der Waals surface area (Å²) >= 11 is 6.07. The van der Waals surface area contributed by atoms with E-state index in [1.54, 1.807) is 11.0 Å². The Balaban J connectivity index is 1.55. The summed E-state index contributed by atoms with van der Waals surface area (Å²) in [7, 11) is 0. The first kappa shape index (κ1) is 17.2. The van der Waals surface area contributed by atoms with Crippen molar-refractivity contribution in [3.05, 3.63) is 77.3 Å². The van der Waals surface area contributed by atoms with Crippen LogP contribution in [0.15, 0.2) is 66.3 Å². The molecule has 2 aromatic carbocycles. The van der Waals surface area contributed by atoms with Gasteiger partial charge in [0.1, 0.15) is 18.5 Å². The molecule has 4 aromatic rings. The molecule has 2 heterocycles. The highest BCUT2D eigenvalue weighted by atomic mass is 35.5. The smallest absolute Gasteiger partial charge is 0.147 e. The number of aromatic nitrogens is 4. The molecule has 7 heteroatoms. The van der Waals surface area contributed by atoms with Gasteiger partial charge in [-0.25, -0.2) is 14.6 Å². The zero-order chi connectivity index (χ0) is 18.8. The second-order valence-corrected chi connectivity index (χ2v) is 6.62. The monoisotopic (exact) mass is 376 g/mol. The lowest BCUT2D eigenvalue weighted by atomic mass is 10.1. The molecule has 0 aliphatic carbocycles. The maximum atomic E-state index is 6.07. The fraction of sp³-hybridized carbons (Fsp3) is 0.100. The number of nitrogens with zero attached hydrogens (tertiary/aromatic N) is 5. The van der Waals surface area contributed by atoms with Crippen LogP contribution < -0.4 is 5.43 Å². The molecule has 0 spiro atoms. The first-order valence-corrected chi connectivity index (χ1v) is 8.80. The molecule has 0 atom stereocenters. The van der Waals surface area contributed by atoms with Crippen LogP contribution in [0.1, 0.15) is 18.1 Å². The summed E-state index contributed by atoms with van der Waals surface area (Å²) in [5, 5.41) is 10.3. The van der Waals surface area contributed by atoms with E-state index in [1.165, 1.54) is 6.33 Å². The third-order valence-corrected chi connectivity index (χ3v) is 4.52. The van der Waals surface area contributed by atoms with E-state index < -0.39 is 0 Å². The van der Waals surface area contributed by atoms with Crippen molar-refractivity contribution in [1.29, 1.82) is 0 Å². The Kier molecular flexibility index (Phi) is 4.56. The Labute approximate surface area is 161 Å². The summed E-state index contributed by atoms with van der Waals surface area (Å²) < 4.78 is 1.71. The van der Waals surface area contributed by atoms with Gasteiger partial charge in [-0.15, -0.1) is 0 Å². The van der Waals surface area contributed by atoms with E-state index in [1.807, 2.05) is 62.4 Å². The van der Waals surface area contributed by atoms with Crippen LogP contribution in [0.4, 0.5) is 5.82 Å². The van der Waals surface area contributed by atoms with Crippen LogP contribution in [0, 0.1) is 6.92 Å². The van der Waals surface area contributed by atoms with Gasteiger partial charge in [0.25, 0.3) is 0 Å². The second-order valence-electron chi connectivity index (χ2n) is 6.18. The molecule has 4 rings (SSSR count). The Morgan fingerprint density at radius 3 is 2.67 bits per heavy atom. The van der Waals surface area contributed by atoms with Crippen molar-refractivity contribution in [2.24, 2.45) is 5.10 Å². The minimum Gasteiger partial charge on any atom is -0.261 e. The van der Waals surface area contributed by atoms with Crippen molar-refractivity contribution in [2.45, 2.75) is 13.8 Å². The van der Waals surface area contributed by atoms with Crippen molar-refractivity contribution in [1.82, 2.24) is 19.7 Å². The highest BCUT2D eigenvalue weighted by Crippen LogP contribution is 2.23. The number of hydrogen-bond acceptors (Lipinski definition) is 5. The molecule has 0 saturated carbocycles. The van der Waals surface area contributed by atoms with Crippen molar-refractivity contribution < 1.29 is 0 Å². The number of hydrazone groups is 1. The molecule has 0 saturated heterocycles. The average molecular weight is 377 g/mol. The van der Waals surface area contributed by atoms with Crippen LogP contribution in [0.25, 0.3) is 16.6 Å². The molecule has 0 aliphatic heterocycles. The van der Waals surface area contributed by atoms with E-state index >= 15 is 0 Å². The number of hydrogen-bond donors (Lipinski definition) is 1. The van der Waals surface area contributed by atoms with E-state index in [4.69, 9.17) is 11.6 Å². The van der Waals surface area contributed by atoms with Crippen LogP contribution in [0.3, 0.4) is 0 Å². The Morgan fingerprint density at radius 2 is 1.93 bits per heavy atom. The van der Waals surface area contributed by atoms with Crippen LogP contribution >= 0.6 is 11.6 Å². The van der Waals surface area contributed by atoms with Crippen molar-refractivity contribution in [3.63, 3.8) is 0 Å². The number of nitrogens with one attached hydrogen (secondary N) is 1. The van der Waals surface area contributed by atoms with Gasteiger partial charge in [0.2, 0.25) is 0 Å². The summed E-state index contributed by atoms with van der Waals surface area (Å²) in [4.78, 5) is 8.55. The van der Waals surface area contributed by atoms with E-state index in [-0.39, 0.29) is 0 Å². The van der Waals surface area contributed by atoms with Gasteiger partial charge in [-0.05, 0) is 61.4 Å². The van der Waals surface area contributed by atoms with Gasteiger partial charge in [0.15, 0.2) is 0 Å². The molecule has 0 fully saturated rings. The van der Waals surface area contributed by atoms with Gasteiger partial charge in [-0.3, -0.25) is 5.43 Å². The highest BCUT2D eigenvalue weighted by molar-refractivity contribution is 6.31. The summed E-state index contributed by atoms with van der Waals surface area (Å²) in [6, 6.07) is 15.6. The Morgan fingerprint density at radius 1 is 1.11 bits per heavy atom. The molecule has 0 unspecified atom stereocenters. The number of halogens is 1. The van der Waals surface area contributed by atoms with Crippen LogP contribution in [0.2, 0.25) is 5.02 Å². The molecule has 0 aliphatic rings. The summed E-state index contributed by atoms with van der Waals surface area (Å²) in [5.74, 6) is 0.695. The van der Waals surface area contributed by atoms with Crippen LogP contribution in [-0.4, -0.2) is 25.5 Å². The molecule has 134 valence electrons. The SMILES string of the molecule is C/C(=N\Nc1cc(C)c2cc(Cl)ccc2n1)c1ccc(-n2cncn2)cc1. The normalized spacial score (nSPS) is 11.7. The topological polar surface area (TPSA) is 68.0 Å². The molecular formula is C20H17ClN6. The highest BCUT2D eigenvalue weighted by Gasteiger charge is 2.04. The lowest BCUT2D eigenvalue weighted by Crippen LogP contribution is -2.02. The van der Waals surface area contributed by atoms with E-state index in [0.29, 0.717) is 10.8 Å². The largest absolute Gasteiger partial charge is 0.261 e. The Bertz CT molecular complexity index is 1120. The Hall–Kier alpha value is -3.25. The maximum absolute atomic E-state index is 6.07. The van der Waals surface area contributed by atoms with E-state index in [9.17, 15) is 0 Å². The lowest BCUT2D eigenvalue weighted by Gasteiger charge is -2.08. The van der Waals surface area contributed by atoms with Gasteiger partial charge in [-0.2, -0.15) is 10.2 Å². The second kappa shape index (κ2) is 7.17. The van der Waals surface area contributed by atoms with Crippen molar-refractivity contribution in [2.75, 3.05) is 5.43 Å². The fourth-order valence-electron chi connectivity index (χ4n) is 2.83. The number of anilines is 1. The quantitative estimate of drug-likeness (QED) is 0.417. The molecule has 0 bridgehead atoms. The predicted molar refractivity (Wildman–Crippen MR) is 109 cm³/mol. The van der Waals surface area contributed by atoms with Crippen molar-refractivity contribution in [3.8, 4) is 5.69 Å². The van der Waals surface area contributed by atoms with Crippen molar-refractivity contribution >= 4 is 34.0 Å². The fourth-order valence-corrected chi connectivity index (χ4v) is 3.00. The molecular weight excluding hydrogens is 360 g/mol. The standard InChI is InChI=1S/C20H17ClN6/c1-13-9-20(24-19-8-5-16(21)10-18(13)19)26-25-14(2)15-3-6-17(7-4-15)27-12-22-11-23-27/h3-12H,1-2H3,(H,24,26)/b25-14+. The molecule has 2 aromatic heterocycles. The lowest BCUT2D eigenvalue weighted by molar-refractivity contribution is 0.879. The maximum Gasteiger partial charge on any atom is 0.147 e. The molecule has 0 amide bonds. The minimum atomic E-state index is 0.695. The van der Waals surface area contributed by atoms with Gasteiger partial charge in [0, 0.05) is 10.4 Å². The van der Waals surface area contributed by atoms with Crippen LogP contribution in [-0.2, 0) is 0 Å². The predicted octanol–water partition coefficient (Wildman–Crippen LogP) is 4.61. The number of aryl methyl sites for hydroxylation is 1. The number of fused-ring (bicyclic) bond motifs is 1. The third-order valence-electron chi connectivity index (χ3n) is 4.28. The van der Waals surface area contributed by atoms with Crippen LogP contribution in [0.5, 0.6) is 0 Å². The molecule has 27 heavy (non-hydrogen) atoms. The van der Waals surface area contributed by atoms with E-state index in [2.05, 4.69) is 25.6 Å². The van der Waals surface area contributed by atoms with Gasteiger partial charge in [-0.1, -0.05) is 23.7 Å². The minimum absolute atomic E-state index is 0.695. The summed E-state index contributed by atoms with van der Waals surface area (Å²) in [5.41, 5.74) is 7.84. The summed E-state index contributed by atoms with van der Waals surface area (Å²) in [6.45, 7) is 3.98. The molecule has 1 N–H and O–H groups in total. The number of rotatable bonds is 4. The first-order chi connectivity index (χ1) is 13.1. The van der Waals surface area contributed by atoms with Gasteiger partial charge in [0.05, 0.1) is 16.9 Å². The van der Waals surface area contributed by atoms with Gasteiger partial charge >= 0.3 is 0 Å². The third kappa shape index (κ3) is 3.66. The number of benzene rings is 2. The van der Waals surface area contributed by atoms with E-state index in [0.717, 1.165) is 33.4 Å².